The van der Waals surface area contributed by atoms with Gasteiger partial charge in [0.25, 0.3) is 0 Å². The van der Waals surface area contributed by atoms with Gasteiger partial charge in [-0.1, -0.05) is 68.2 Å². The van der Waals surface area contributed by atoms with Crippen molar-refractivity contribution in [3.8, 4) is 0 Å². The van der Waals surface area contributed by atoms with Gasteiger partial charge < -0.3 is 16.2 Å². The molecule has 1 rings (SSSR count). The first-order valence-electron chi connectivity index (χ1n) is 6.18. The van der Waals surface area contributed by atoms with Crippen LogP contribution >= 0.6 is 24.0 Å². The van der Waals surface area contributed by atoms with Gasteiger partial charge in [-0.05, 0) is 11.5 Å². The largest absolute Gasteiger partial charge is 0.468 e. The van der Waals surface area contributed by atoms with E-state index >= 15 is 0 Å². The Bertz CT molecular complexity index is 411. The molecule has 20 heavy (non-hydrogen) atoms. The first-order chi connectivity index (χ1) is 9.38. The van der Waals surface area contributed by atoms with Crippen LogP contribution in [0.3, 0.4) is 0 Å². The van der Waals surface area contributed by atoms with Gasteiger partial charge in [-0.15, -0.1) is 0 Å². The first kappa shape index (κ1) is 18.9. The molecule has 0 spiro atoms. The molecule has 1 unspecified atom stereocenters. The summed E-state index contributed by atoms with van der Waals surface area (Å²) in [6.45, 7) is 3.75. The second-order valence-corrected chi connectivity index (χ2v) is 6.10. The van der Waals surface area contributed by atoms with Crippen LogP contribution in [0.25, 0.3) is 0 Å². The SMILES string of the molecule is COC(=O)C(N)C(C)C.NC(=S)SCc1ccccc1. The number of esters is 1. The number of thiocarbonyl (C=S) groups is 1. The Morgan fingerprint density at radius 1 is 1.35 bits per heavy atom. The van der Waals surface area contributed by atoms with Gasteiger partial charge in [0.05, 0.1) is 7.11 Å². The molecule has 1 atom stereocenters. The summed E-state index contributed by atoms with van der Waals surface area (Å²) in [6, 6.07) is 9.66. The molecule has 0 aliphatic rings. The molecule has 0 fully saturated rings. The molecule has 4 nitrogen and oxygen atoms in total. The number of nitrogens with two attached hydrogens (primary N) is 2. The number of thioether (sulfide) groups is 1. The Hall–Kier alpha value is -1.11. The van der Waals surface area contributed by atoms with Crippen LogP contribution in [0, 0.1) is 5.92 Å². The molecule has 0 bridgehead atoms. The molecule has 0 heterocycles. The highest BCUT2D eigenvalue weighted by Gasteiger charge is 2.16. The lowest BCUT2D eigenvalue weighted by molar-refractivity contribution is -0.143. The highest BCUT2D eigenvalue weighted by atomic mass is 32.2. The van der Waals surface area contributed by atoms with E-state index in [9.17, 15) is 4.79 Å². The highest BCUT2D eigenvalue weighted by molar-refractivity contribution is 8.22. The second-order valence-electron chi connectivity index (χ2n) is 4.39. The lowest BCUT2D eigenvalue weighted by Crippen LogP contribution is -2.36. The second kappa shape index (κ2) is 10.7. The Morgan fingerprint density at radius 2 is 1.90 bits per heavy atom. The van der Waals surface area contributed by atoms with E-state index in [1.807, 2.05) is 32.0 Å². The zero-order valence-corrected chi connectivity index (χ0v) is 13.7. The minimum Gasteiger partial charge on any atom is -0.468 e. The van der Waals surface area contributed by atoms with Crippen LogP contribution in [0.1, 0.15) is 19.4 Å². The topological polar surface area (TPSA) is 78.3 Å². The van der Waals surface area contributed by atoms with Crippen molar-refractivity contribution < 1.29 is 9.53 Å². The Labute approximate surface area is 130 Å². The van der Waals surface area contributed by atoms with E-state index in [0.29, 0.717) is 4.32 Å². The molecule has 1 aromatic carbocycles. The molecule has 0 saturated carbocycles. The van der Waals surface area contributed by atoms with Crippen molar-refractivity contribution in [3.63, 3.8) is 0 Å². The quantitative estimate of drug-likeness (QED) is 0.656. The number of ether oxygens (including phenoxy) is 1. The number of benzene rings is 1. The Kier molecular flexibility index (Phi) is 10.1. The summed E-state index contributed by atoms with van der Waals surface area (Å²) in [6.07, 6.45) is 0. The molecule has 4 N–H and O–H groups in total. The standard InChI is InChI=1S/C8H9NS2.C6H13NO2/c9-8(10)11-6-7-4-2-1-3-5-7;1-4(2)5(7)6(8)9-3/h1-5H,6H2,(H2,9,10);4-5H,7H2,1-3H3. The molecule has 6 heteroatoms. The number of methoxy groups -OCH3 is 1. The van der Waals surface area contributed by atoms with Crippen molar-refractivity contribution in [2.45, 2.75) is 25.6 Å². The summed E-state index contributed by atoms with van der Waals surface area (Å²) in [5.74, 6) is 0.679. The third-order valence-corrected chi connectivity index (χ3v) is 3.53. The maximum absolute atomic E-state index is 10.6. The van der Waals surface area contributed by atoms with Gasteiger partial charge in [-0.25, -0.2) is 0 Å². The van der Waals surface area contributed by atoms with Crippen LogP contribution in [0.2, 0.25) is 0 Å². The van der Waals surface area contributed by atoms with Gasteiger partial charge in [0.1, 0.15) is 10.4 Å². The lowest BCUT2D eigenvalue weighted by Gasteiger charge is -2.11. The van der Waals surface area contributed by atoms with Crippen molar-refractivity contribution in [2.24, 2.45) is 17.4 Å². The average molecular weight is 314 g/mol. The molecule has 0 radical (unpaired) electrons. The van der Waals surface area contributed by atoms with Crippen LogP contribution < -0.4 is 11.5 Å². The minimum absolute atomic E-state index is 0.150. The predicted octanol–water partition coefficient (Wildman–Crippen LogP) is 2.31. The van der Waals surface area contributed by atoms with E-state index in [0.717, 1.165) is 5.75 Å². The van der Waals surface area contributed by atoms with Gasteiger partial charge in [0.2, 0.25) is 0 Å². The summed E-state index contributed by atoms with van der Waals surface area (Å²) in [5.41, 5.74) is 12.0. The molecule has 112 valence electrons. The summed E-state index contributed by atoms with van der Waals surface area (Å²) < 4.78 is 4.92. The van der Waals surface area contributed by atoms with E-state index in [4.69, 9.17) is 23.7 Å². The fraction of sp³-hybridized carbons (Fsp3) is 0.429. The number of carbonyl (C=O) groups excluding carboxylic acids is 1. The summed E-state index contributed by atoms with van der Waals surface area (Å²) >= 11 is 6.23. The van der Waals surface area contributed by atoms with Crippen molar-refractivity contribution in [2.75, 3.05) is 7.11 Å². The fourth-order valence-corrected chi connectivity index (χ4v) is 1.82. The van der Waals surface area contributed by atoms with E-state index in [1.54, 1.807) is 0 Å². The van der Waals surface area contributed by atoms with Crippen LogP contribution in [0.4, 0.5) is 0 Å². The van der Waals surface area contributed by atoms with Crippen molar-refractivity contribution in [1.82, 2.24) is 0 Å². The number of carbonyl (C=O) groups is 1. The third-order valence-electron chi connectivity index (χ3n) is 2.42. The zero-order valence-electron chi connectivity index (χ0n) is 12.0. The van der Waals surface area contributed by atoms with Gasteiger partial charge in [-0.2, -0.15) is 0 Å². The molecule has 0 aliphatic heterocycles. The fourth-order valence-electron chi connectivity index (χ4n) is 1.14. The number of hydrogen-bond acceptors (Lipinski definition) is 5. The van der Waals surface area contributed by atoms with Crippen molar-refractivity contribution in [1.29, 1.82) is 0 Å². The van der Waals surface area contributed by atoms with E-state index in [-0.39, 0.29) is 11.9 Å². The van der Waals surface area contributed by atoms with E-state index < -0.39 is 6.04 Å². The average Bonchev–Trinajstić information content (AvgIpc) is 2.45. The molecule has 0 aliphatic carbocycles. The summed E-state index contributed by atoms with van der Waals surface area (Å²) in [7, 11) is 1.34. The Morgan fingerprint density at radius 3 is 2.25 bits per heavy atom. The van der Waals surface area contributed by atoms with Crippen molar-refractivity contribution >= 4 is 34.3 Å². The molecule has 0 saturated heterocycles. The predicted molar refractivity (Wildman–Crippen MR) is 89.4 cm³/mol. The van der Waals surface area contributed by atoms with Crippen LogP contribution in [0.5, 0.6) is 0 Å². The summed E-state index contributed by atoms with van der Waals surface area (Å²) in [4.78, 5) is 10.6. The zero-order chi connectivity index (χ0) is 15.5. The van der Waals surface area contributed by atoms with Crippen LogP contribution in [-0.2, 0) is 15.3 Å². The number of rotatable bonds is 4. The number of hydrogen-bond donors (Lipinski definition) is 2. The lowest BCUT2D eigenvalue weighted by atomic mass is 10.1. The molecule has 0 aromatic heterocycles. The molecular formula is C14H22N2O2S2. The van der Waals surface area contributed by atoms with Gasteiger partial charge >= 0.3 is 5.97 Å². The van der Waals surface area contributed by atoms with Crippen molar-refractivity contribution in [3.05, 3.63) is 35.9 Å². The van der Waals surface area contributed by atoms with Gasteiger partial charge in [-0.3, -0.25) is 4.79 Å². The molecular weight excluding hydrogens is 292 g/mol. The van der Waals surface area contributed by atoms with Crippen LogP contribution in [0.15, 0.2) is 30.3 Å². The Balaban J connectivity index is 0.000000370. The highest BCUT2D eigenvalue weighted by Crippen LogP contribution is 2.10. The maximum atomic E-state index is 10.6. The summed E-state index contributed by atoms with van der Waals surface area (Å²) in [5, 5.41) is 0. The van der Waals surface area contributed by atoms with E-state index in [2.05, 4.69) is 16.9 Å². The smallest absolute Gasteiger partial charge is 0.322 e. The normalized spacial score (nSPS) is 11.2. The van der Waals surface area contributed by atoms with E-state index in [1.165, 1.54) is 24.4 Å². The maximum Gasteiger partial charge on any atom is 0.322 e. The van der Waals surface area contributed by atoms with Crippen LogP contribution in [-0.4, -0.2) is 23.4 Å². The molecule has 1 aromatic rings. The molecule has 0 amide bonds. The first-order valence-corrected chi connectivity index (χ1v) is 7.57. The minimum atomic E-state index is -0.477. The monoisotopic (exact) mass is 314 g/mol. The van der Waals surface area contributed by atoms with Gasteiger partial charge in [0, 0.05) is 5.75 Å². The van der Waals surface area contributed by atoms with Gasteiger partial charge in [0.15, 0.2) is 0 Å². The third kappa shape index (κ3) is 8.90.